The van der Waals surface area contributed by atoms with Crippen LogP contribution in [0.5, 0.6) is 0 Å². The van der Waals surface area contributed by atoms with Crippen LogP contribution in [0.15, 0.2) is 17.2 Å². The smallest absolute Gasteiger partial charge is 0.290 e. The number of aromatic amines is 1. The molecule has 1 aromatic heterocycles. The van der Waals surface area contributed by atoms with Crippen molar-refractivity contribution < 1.29 is 0 Å². The van der Waals surface area contributed by atoms with Gasteiger partial charge in [-0.3, -0.25) is 4.79 Å². The van der Waals surface area contributed by atoms with E-state index in [1.807, 2.05) is 0 Å². The van der Waals surface area contributed by atoms with Gasteiger partial charge in [-0.25, -0.2) is 4.98 Å². The lowest BCUT2D eigenvalue weighted by molar-refractivity contribution is 0.422. The van der Waals surface area contributed by atoms with Gasteiger partial charge in [0.05, 0.1) is 0 Å². The maximum absolute atomic E-state index is 11.6. The van der Waals surface area contributed by atoms with E-state index >= 15 is 0 Å². The molecule has 1 saturated heterocycles. The average molecular weight is 222 g/mol. The van der Waals surface area contributed by atoms with Crippen molar-refractivity contribution in [3.8, 4) is 0 Å². The van der Waals surface area contributed by atoms with E-state index in [9.17, 15) is 4.79 Å². The first-order chi connectivity index (χ1) is 7.81. The largest absolute Gasteiger partial charge is 0.352 e. The summed E-state index contributed by atoms with van der Waals surface area (Å²) in [5, 5.41) is 3.44. The highest BCUT2D eigenvalue weighted by Crippen LogP contribution is 2.13. The minimum absolute atomic E-state index is 0.0931. The fourth-order valence-electron chi connectivity index (χ4n) is 2.15. The second-order valence-electron chi connectivity index (χ2n) is 4.06. The monoisotopic (exact) mass is 222 g/mol. The fourth-order valence-corrected chi connectivity index (χ4v) is 2.15. The van der Waals surface area contributed by atoms with Gasteiger partial charge in [0, 0.05) is 31.5 Å². The number of H-pyrrole nitrogens is 1. The molecule has 1 fully saturated rings. The van der Waals surface area contributed by atoms with Crippen LogP contribution in [0.1, 0.15) is 19.8 Å². The molecule has 0 saturated carbocycles. The van der Waals surface area contributed by atoms with Crippen LogP contribution >= 0.6 is 0 Å². The third-order valence-corrected chi connectivity index (χ3v) is 2.98. The Hall–Kier alpha value is -1.36. The summed E-state index contributed by atoms with van der Waals surface area (Å²) in [4.78, 5) is 20.4. The van der Waals surface area contributed by atoms with Crippen LogP contribution in [0.3, 0.4) is 0 Å². The van der Waals surface area contributed by atoms with Crippen LogP contribution in [0.2, 0.25) is 0 Å². The summed E-state index contributed by atoms with van der Waals surface area (Å²) < 4.78 is 0. The second-order valence-corrected chi connectivity index (χ2v) is 4.06. The summed E-state index contributed by atoms with van der Waals surface area (Å²) in [7, 11) is 0. The molecule has 2 N–H and O–H groups in total. The number of hydrogen-bond acceptors (Lipinski definition) is 4. The van der Waals surface area contributed by atoms with E-state index in [0.717, 1.165) is 32.5 Å². The minimum Gasteiger partial charge on any atom is -0.352 e. The van der Waals surface area contributed by atoms with Crippen LogP contribution < -0.4 is 15.8 Å². The highest BCUT2D eigenvalue weighted by atomic mass is 16.1. The predicted molar refractivity (Wildman–Crippen MR) is 63.8 cm³/mol. The summed E-state index contributed by atoms with van der Waals surface area (Å²) in [5.41, 5.74) is -0.0931. The molecule has 2 rings (SSSR count). The van der Waals surface area contributed by atoms with Gasteiger partial charge in [-0.15, -0.1) is 0 Å². The number of aromatic nitrogens is 2. The lowest BCUT2D eigenvalue weighted by Crippen LogP contribution is -2.44. The second kappa shape index (κ2) is 5.12. The van der Waals surface area contributed by atoms with Gasteiger partial charge in [-0.05, 0) is 19.4 Å². The molecule has 16 heavy (non-hydrogen) atoms. The molecule has 0 aliphatic carbocycles. The number of nitrogens with zero attached hydrogens (tertiary/aromatic N) is 2. The van der Waals surface area contributed by atoms with E-state index in [4.69, 9.17) is 0 Å². The van der Waals surface area contributed by atoms with Crippen LogP contribution in [-0.2, 0) is 0 Å². The molecule has 2 heterocycles. The molecule has 88 valence electrons. The van der Waals surface area contributed by atoms with Gasteiger partial charge in [0.2, 0.25) is 0 Å². The Morgan fingerprint density at radius 2 is 2.31 bits per heavy atom. The molecule has 0 amide bonds. The Kier molecular flexibility index (Phi) is 3.56. The Balaban J connectivity index is 1.99. The number of rotatable bonds is 3. The molecule has 0 aromatic carbocycles. The van der Waals surface area contributed by atoms with Crippen molar-refractivity contribution >= 4 is 5.82 Å². The Morgan fingerprint density at radius 3 is 2.94 bits per heavy atom. The van der Waals surface area contributed by atoms with Gasteiger partial charge in [0.25, 0.3) is 5.56 Å². The van der Waals surface area contributed by atoms with E-state index < -0.39 is 0 Å². The highest BCUT2D eigenvalue weighted by Gasteiger charge is 2.20. The van der Waals surface area contributed by atoms with E-state index in [2.05, 4.69) is 27.1 Å². The summed E-state index contributed by atoms with van der Waals surface area (Å²) >= 11 is 0. The van der Waals surface area contributed by atoms with E-state index in [-0.39, 0.29) is 5.56 Å². The quantitative estimate of drug-likeness (QED) is 0.774. The number of nitrogens with one attached hydrogen (secondary N) is 2. The average Bonchev–Trinajstić information content (AvgIpc) is 2.31. The first-order valence-electron chi connectivity index (χ1n) is 5.83. The molecular formula is C11H18N4O. The molecule has 5 heteroatoms. The van der Waals surface area contributed by atoms with Crippen molar-refractivity contribution in [2.75, 3.05) is 24.5 Å². The maximum atomic E-state index is 11.6. The van der Waals surface area contributed by atoms with Gasteiger partial charge in [0.1, 0.15) is 0 Å². The zero-order valence-corrected chi connectivity index (χ0v) is 9.57. The van der Waals surface area contributed by atoms with E-state index in [1.54, 1.807) is 12.4 Å². The topological polar surface area (TPSA) is 61.0 Å². The zero-order chi connectivity index (χ0) is 11.4. The van der Waals surface area contributed by atoms with Crippen molar-refractivity contribution in [3.05, 3.63) is 22.7 Å². The third-order valence-electron chi connectivity index (χ3n) is 2.98. The highest BCUT2D eigenvalue weighted by molar-refractivity contribution is 5.35. The first kappa shape index (κ1) is 11.1. The van der Waals surface area contributed by atoms with Crippen LogP contribution in [-0.4, -0.2) is 35.6 Å². The van der Waals surface area contributed by atoms with Crippen molar-refractivity contribution in [1.29, 1.82) is 0 Å². The van der Waals surface area contributed by atoms with Gasteiger partial charge >= 0.3 is 0 Å². The molecule has 5 nitrogen and oxygen atoms in total. The molecule has 0 radical (unpaired) electrons. The molecule has 1 aromatic rings. The Labute approximate surface area is 94.9 Å². The summed E-state index contributed by atoms with van der Waals surface area (Å²) in [5.74, 6) is 0.553. The zero-order valence-electron chi connectivity index (χ0n) is 9.57. The standard InChI is InChI=1S/C11H18N4O/c1-2-12-9-3-7-15(8-4-9)10-11(16)14-6-5-13-10/h5-6,9,12H,2-4,7-8H2,1H3,(H,14,16). The molecule has 0 unspecified atom stereocenters. The van der Waals surface area contributed by atoms with Crippen LogP contribution in [0.4, 0.5) is 5.82 Å². The Bertz CT molecular complexity index is 382. The number of hydrogen-bond donors (Lipinski definition) is 2. The summed E-state index contributed by atoms with van der Waals surface area (Å²) in [6, 6.07) is 0.587. The molecule has 0 atom stereocenters. The molecule has 0 bridgehead atoms. The lowest BCUT2D eigenvalue weighted by atomic mass is 10.1. The SMILES string of the molecule is CCNC1CCN(c2ncc[nH]c2=O)CC1. The Morgan fingerprint density at radius 1 is 1.56 bits per heavy atom. The fraction of sp³-hybridized carbons (Fsp3) is 0.636. The van der Waals surface area contributed by atoms with Crippen LogP contribution in [0.25, 0.3) is 0 Å². The predicted octanol–water partition coefficient (Wildman–Crippen LogP) is 0.348. The van der Waals surface area contributed by atoms with Gasteiger partial charge < -0.3 is 15.2 Å². The number of anilines is 1. The lowest BCUT2D eigenvalue weighted by Gasteiger charge is -2.32. The number of piperidine rings is 1. The molecule has 1 aliphatic rings. The third kappa shape index (κ3) is 2.41. The minimum atomic E-state index is -0.0931. The normalized spacial score (nSPS) is 17.7. The van der Waals surface area contributed by atoms with Crippen LogP contribution in [0, 0.1) is 0 Å². The van der Waals surface area contributed by atoms with Crippen molar-refractivity contribution in [2.45, 2.75) is 25.8 Å². The van der Waals surface area contributed by atoms with Crippen molar-refractivity contribution in [1.82, 2.24) is 15.3 Å². The van der Waals surface area contributed by atoms with Gasteiger partial charge in [0.15, 0.2) is 5.82 Å². The van der Waals surface area contributed by atoms with Gasteiger partial charge in [-0.2, -0.15) is 0 Å². The summed E-state index contributed by atoms with van der Waals surface area (Å²) in [6.07, 6.45) is 5.35. The summed E-state index contributed by atoms with van der Waals surface area (Å²) in [6.45, 7) is 4.93. The molecule has 1 aliphatic heterocycles. The van der Waals surface area contributed by atoms with E-state index in [1.165, 1.54) is 0 Å². The van der Waals surface area contributed by atoms with E-state index in [0.29, 0.717) is 11.9 Å². The van der Waals surface area contributed by atoms with Gasteiger partial charge in [-0.1, -0.05) is 6.92 Å². The maximum Gasteiger partial charge on any atom is 0.290 e. The van der Waals surface area contributed by atoms with Crippen molar-refractivity contribution in [2.24, 2.45) is 0 Å². The van der Waals surface area contributed by atoms with Crippen molar-refractivity contribution in [3.63, 3.8) is 0 Å². The molecular weight excluding hydrogens is 204 g/mol. The molecule has 0 spiro atoms. The first-order valence-corrected chi connectivity index (χ1v) is 5.83.